The average molecular weight is 472 g/mol. The van der Waals surface area contributed by atoms with Gasteiger partial charge in [-0.2, -0.15) is 4.31 Å². The molecular formula is C22H25N5O3S2. The molecule has 0 aliphatic carbocycles. The number of sulfonamides is 1. The Bertz CT molecular complexity index is 1200. The van der Waals surface area contributed by atoms with Gasteiger partial charge in [-0.05, 0) is 49.6 Å². The van der Waals surface area contributed by atoms with Crippen molar-refractivity contribution in [3.8, 4) is 5.69 Å². The second-order valence-corrected chi connectivity index (χ2v) is 10.6. The van der Waals surface area contributed by atoms with Crippen molar-refractivity contribution in [1.29, 1.82) is 0 Å². The van der Waals surface area contributed by atoms with Crippen LogP contribution in [0.2, 0.25) is 0 Å². The molecule has 32 heavy (non-hydrogen) atoms. The molecule has 0 bridgehead atoms. The van der Waals surface area contributed by atoms with Crippen LogP contribution in [-0.2, 0) is 14.8 Å². The number of rotatable bonds is 8. The quantitative estimate of drug-likeness (QED) is 0.505. The lowest BCUT2D eigenvalue weighted by Crippen LogP contribution is -2.27. The number of aryl methyl sites for hydroxylation is 1. The number of hydrogen-bond acceptors (Lipinski definition) is 6. The van der Waals surface area contributed by atoms with Crippen LogP contribution in [0.1, 0.15) is 24.8 Å². The van der Waals surface area contributed by atoms with Gasteiger partial charge in [-0.3, -0.25) is 9.36 Å². The van der Waals surface area contributed by atoms with Crippen LogP contribution in [0.4, 0.5) is 5.69 Å². The van der Waals surface area contributed by atoms with Crippen molar-refractivity contribution in [2.45, 2.75) is 36.2 Å². The molecule has 3 aromatic rings. The van der Waals surface area contributed by atoms with E-state index in [0.717, 1.165) is 24.1 Å². The molecule has 0 radical (unpaired) electrons. The molecule has 0 saturated carbocycles. The van der Waals surface area contributed by atoms with Crippen LogP contribution in [-0.4, -0.2) is 52.2 Å². The van der Waals surface area contributed by atoms with Gasteiger partial charge in [0.15, 0.2) is 5.16 Å². The Morgan fingerprint density at radius 2 is 1.91 bits per heavy atom. The van der Waals surface area contributed by atoms with Gasteiger partial charge >= 0.3 is 0 Å². The number of nitrogens with zero attached hydrogens (tertiary/aromatic N) is 4. The molecule has 1 fully saturated rings. The lowest BCUT2D eigenvalue weighted by molar-refractivity contribution is -0.115. The predicted octanol–water partition coefficient (Wildman–Crippen LogP) is 3.48. The third kappa shape index (κ3) is 5.03. The average Bonchev–Trinajstić information content (AvgIpc) is 3.47. The SMILES string of the molecule is Cc1ccccc1-n1cnnc1SCCC(=O)Nc1cccc(S(=O)(=O)N2CCCC2)c1. The van der Waals surface area contributed by atoms with E-state index in [1.807, 2.05) is 35.8 Å². The molecule has 168 valence electrons. The monoisotopic (exact) mass is 471 g/mol. The fourth-order valence-corrected chi connectivity index (χ4v) is 6.02. The van der Waals surface area contributed by atoms with Crippen molar-refractivity contribution in [2.24, 2.45) is 0 Å². The molecule has 2 aromatic carbocycles. The number of amides is 1. The van der Waals surface area contributed by atoms with Crippen molar-refractivity contribution in [3.05, 3.63) is 60.4 Å². The molecule has 4 rings (SSSR count). The van der Waals surface area contributed by atoms with E-state index in [4.69, 9.17) is 0 Å². The largest absolute Gasteiger partial charge is 0.326 e. The van der Waals surface area contributed by atoms with Crippen LogP contribution in [0.5, 0.6) is 0 Å². The number of carbonyl (C=O) groups is 1. The lowest BCUT2D eigenvalue weighted by atomic mass is 10.2. The summed E-state index contributed by atoms with van der Waals surface area (Å²) in [7, 11) is -3.52. The highest BCUT2D eigenvalue weighted by Gasteiger charge is 2.27. The number of anilines is 1. The zero-order valence-electron chi connectivity index (χ0n) is 17.8. The Balaban J connectivity index is 1.35. The van der Waals surface area contributed by atoms with Crippen LogP contribution in [0.15, 0.2) is 64.9 Å². The maximum Gasteiger partial charge on any atom is 0.243 e. The fourth-order valence-electron chi connectivity index (χ4n) is 3.59. The molecular weight excluding hydrogens is 446 g/mol. The lowest BCUT2D eigenvalue weighted by Gasteiger charge is -2.16. The summed E-state index contributed by atoms with van der Waals surface area (Å²) in [5.74, 6) is 0.331. The van der Waals surface area contributed by atoms with Gasteiger partial charge in [-0.25, -0.2) is 8.42 Å². The van der Waals surface area contributed by atoms with Gasteiger partial charge in [0.1, 0.15) is 6.33 Å². The number of hydrogen-bond donors (Lipinski definition) is 1. The maximum atomic E-state index is 12.7. The Morgan fingerprint density at radius 3 is 2.69 bits per heavy atom. The summed E-state index contributed by atoms with van der Waals surface area (Å²) >= 11 is 1.45. The van der Waals surface area contributed by atoms with Crippen molar-refractivity contribution >= 4 is 33.4 Å². The molecule has 1 saturated heterocycles. The van der Waals surface area contributed by atoms with E-state index in [0.29, 0.717) is 29.7 Å². The van der Waals surface area contributed by atoms with E-state index in [1.54, 1.807) is 24.5 Å². The molecule has 1 N–H and O–H groups in total. The third-order valence-corrected chi connectivity index (χ3v) is 8.11. The van der Waals surface area contributed by atoms with E-state index in [9.17, 15) is 13.2 Å². The molecule has 2 heterocycles. The minimum absolute atomic E-state index is 0.185. The van der Waals surface area contributed by atoms with Crippen LogP contribution in [0.3, 0.4) is 0 Å². The van der Waals surface area contributed by atoms with Crippen LogP contribution >= 0.6 is 11.8 Å². The van der Waals surface area contributed by atoms with Crippen molar-refractivity contribution in [3.63, 3.8) is 0 Å². The van der Waals surface area contributed by atoms with Crippen LogP contribution < -0.4 is 5.32 Å². The fraction of sp³-hybridized carbons (Fsp3) is 0.318. The predicted molar refractivity (Wildman–Crippen MR) is 125 cm³/mol. The first kappa shape index (κ1) is 22.5. The van der Waals surface area contributed by atoms with Gasteiger partial charge < -0.3 is 5.32 Å². The minimum Gasteiger partial charge on any atom is -0.326 e. The summed E-state index contributed by atoms with van der Waals surface area (Å²) in [5, 5.41) is 11.7. The van der Waals surface area contributed by atoms with Crippen molar-refractivity contribution < 1.29 is 13.2 Å². The zero-order valence-corrected chi connectivity index (χ0v) is 19.4. The third-order valence-electron chi connectivity index (χ3n) is 5.27. The number of carbonyl (C=O) groups excluding carboxylic acids is 1. The Hall–Kier alpha value is -2.69. The summed E-state index contributed by atoms with van der Waals surface area (Å²) in [6.07, 6.45) is 3.68. The summed E-state index contributed by atoms with van der Waals surface area (Å²) < 4.78 is 28.9. The Kier molecular flexibility index (Phi) is 6.92. The number of aromatic nitrogens is 3. The first-order valence-corrected chi connectivity index (χ1v) is 12.9. The van der Waals surface area contributed by atoms with Crippen LogP contribution in [0.25, 0.3) is 5.69 Å². The number of para-hydroxylation sites is 1. The smallest absolute Gasteiger partial charge is 0.243 e. The first-order chi connectivity index (χ1) is 15.4. The van der Waals surface area contributed by atoms with Gasteiger partial charge in [0, 0.05) is 31.0 Å². The number of benzene rings is 2. The van der Waals surface area contributed by atoms with Gasteiger partial charge in [-0.1, -0.05) is 36.0 Å². The Morgan fingerprint density at radius 1 is 1.12 bits per heavy atom. The minimum atomic E-state index is -3.52. The maximum absolute atomic E-state index is 12.7. The molecule has 1 aliphatic heterocycles. The summed E-state index contributed by atoms with van der Waals surface area (Å²) in [6.45, 7) is 3.11. The number of thioether (sulfide) groups is 1. The van der Waals surface area contributed by atoms with E-state index in [-0.39, 0.29) is 17.2 Å². The molecule has 1 aliphatic rings. The first-order valence-electron chi connectivity index (χ1n) is 10.4. The van der Waals surface area contributed by atoms with Gasteiger partial charge in [0.25, 0.3) is 0 Å². The summed E-state index contributed by atoms with van der Waals surface area (Å²) in [6, 6.07) is 14.4. The van der Waals surface area contributed by atoms with Gasteiger partial charge in [0.05, 0.1) is 10.6 Å². The Labute approximate surface area is 192 Å². The molecule has 1 aromatic heterocycles. The van der Waals surface area contributed by atoms with E-state index in [1.165, 1.54) is 22.1 Å². The highest BCUT2D eigenvalue weighted by Crippen LogP contribution is 2.24. The van der Waals surface area contributed by atoms with E-state index in [2.05, 4.69) is 15.5 Å². The van der Waals surface area contributed by atoms with Crippen molar-refractivity contribution in [1.82, 2.24) is 19.1 Å². The van der Waals surface area contributed by atoms with Crippen molar-refractivity contribution in [2.75, 3.05) is 24.2 Å². The van der Waals surface area contributed by atoms with Gasteiger partial charge in [0.2, 0.25) is 15.9 Å². The second kappa shape index (κ2) is 9.85. The van der Waals surface area contributed by atoms with Crippen LogP contribution in [0, 0.1) is 6.92 Å². The van der Waals surface area contributed by atoms with E-state index < -0.39 is 10.0 Å². The molecule has 8 nitrogen and oxygen atoms in total. The van der Waals surface area contributed by atoms with Gasteiger partial charge in [-0.15, -0.1) is 10.2 Å². The molecule has 0 spiro atoms. The molecule has 0 atom stereocenters. The molecule has 1 amide bonds. The molecule has 0 unspecified atom stereocenters. The summed E-state index contributed by atoms with van der Waals surface area (Å²) in [4.78, 5) is 12.6. The standard InChI is InChI=1S/C22H25N5O3S2/c1-17-7-2-3-10-20(17)27-16-23-25-22(27)31-14-11-21(28)24-18-8-6-9-19(15-18)32(29,30)26-12-4-5-13-26/h2-3,6-10,15-16H,4-5,11-14H2,1H3,(H,24,28). The highest BCUT2D eigenvalue weighted by atomic mass is 32.2. The zero-order chi connectivity index (χ0) is 22.6. The van der Waals surface area contributed by atoms with E-state index >= 15 is 0 Å². The molecule has 10 heteroatoms. The highest BCUT2D eigenvalue weighted by molar-refractivity contribution is 7.99. The second-order valence-electron chi connectivity index (χ2n) is 7.56. The topological polar surface area (TPSA) is 97.2 Å². The number of nitrogens with one attached hydrogen (secondary N) is 1. The normalized spacial score (nSPS) is 14.5. The summed E-state index contributed by atoms with van der Waals surface area (Å²) in [5.41, 5.74) is 2.58.